The third kappa shape index (κ3) is 5.05. The maximum absolute atomic E-state index is 11.5. The molecule has 1 aromatic carbocycles. The molecule has 0 atom stereocenters. The lowest BCUT2D eigenvalue weighted by Crippen LogP contribution is -2.21. The van der Waals surface area contributed by atoms with Gasteiger partial charge in [0.2, 0.25) is 5.91 Å². The standard InChI is InChI=1S/C10H8Br3NO4/c11-5-1-6(12)10(7(13)2-5)14-8(15)3-18-4-9(16)17/h1-2H,3-4H2,(H,14,15)(H,16,17). The van der Waals surface area contributed by atoms with Crippen molar-refractivity contribution < 1.29 is 19.4 Å². The molecule has 0 radical (unpaired) electrons. The van der Waals surface area contributed by atoms with Gasteiger partial charge in [0.25, 0.3) is 0 Å². The van der Waals surface area contributed by atoms with E-state index in [0.717, 1.165) is 4.47 Å². The van der Waals surface area contributed by atoms with E-state index in [1.165, 1.54) is 0 Å². The smallest absolute Gasteiger partial charge is 0.329 e. The van der Waals surface area contributed by atoms with E-state index in [1.54, 1.807) is 12.1 Å². The normalized spacial score (nSPS) is 10.2. The van der Waals surface area contributed by atoms with Gasteiger partial charge in [-0.25, -0.2) is 4.79 Å². The third-order valence-corrected chi connectivity index (χ3v) is 3.44. The number of anilines is 1. The first-order valence-corrected chi connectivity index (χ1v) is 7.02. The van der Waals surface area contributed by atoms with Gasteiger partial charge in [-0.3, -0.25) is 4.79 Å². The lowest BCUT2D eigenvalue weighted by molar-refractivity contribution is -0.143. The first-order chi connectivity index (χ1) is 8.40. The summed E-state index contributed by atoms with van der Waals surface area (Å²) in [5.74, 6) is -1.55. The second-order valence-corrected chi connectivity index (χ2v) is 5.80. The average Bonchev–Trinajstić information content (AvgIpc) is 2.22. The highest BCUT2D eigenvalue weighted by atomic mass is 79.9. The fourth-order valence-corrected chi connectivity index (χ4v) is 3.53. The van der Waals surface area contributed by atoms with Crippen LogP contribution in [0.1, 0.15) is 0 Å². The number of hydrogen-bond donors (Lipinski definition) is 2. The van der Waals surface area contributed by atoms with Gasteiger partial charge in [-0.15, -0.1) is 0 Å². The number of halogens is 3. The maximum Gasteiger partial charge on any atom is 0.329 e. The SMILES string of the molecule is O=C(O)COCC(=O)Nc1c(Br)cc(Br)cc1Br. The van der Waals surface area contributed by atoms with Crippen LogP contribution < -0.4 is 5.32 Å². The largest absolute Gasteiger partial charge is 0.480 e. The molecule has 0 aliphatic rings. The van der Waals surface area contributed by atoms with Crippen LogP contribution in [0.25, 0.3) is 0 Å². The Morgan fingerprint density at radius 1 is 1.17 bits per heavy atom. The Morgan fingerprint density at radius 3 is 2.22 bits per heavy atom. The summed E-state index contributed by atoms with van der Waals surface area (Å²) in [6.45, 7) is -0.822. The Hall–Kier alpha value is -0.440. The molecular formula is C10H8Br3NO4. The number of carbonyl (C=O) groups is 2. The van der Waals surface area contributed by atoms with Crippen LogP contribution in [0.4, 0.5) is 5.69 Å². The van der Waals surface area contributed by atoms with Gasteiger partial charge in [-0.1, -0.05) is 15.9 Å². The molecule has 1 amide bonds. The summed E-state index contributed by atoms with van der Waals surface area (Å²) in [6, 6.07) is 3.55. The van der Waals surface area contributed by atoms with Crippen molar-refractivity contribution in [2.75, 3.05) is 18.5 Å². The molecule has 0 unspecified atom stereocenters. The zero-order valence-corrected chi connectivity index (χ0v) is 13.6. The second kappa shape index (κ2) is 7.22. The zero-order chi connectivity index (χ0) is 13.7. The van der Waals surface area contributed by atoms with Crippen LogP contribution in [0.2, 0.25) is 0 Å². The van der Waals surface area contributed by atoms with Gasteiger partial charge in [-0.05, 0) is 44.0 Å². The fourth-order valence-electron chi connectivity index (χ4n) is 1.07. The molecule has 0 fully saturated rings. The predicted molar refractivity (Wildman–Crippen MR) is 76.6 cm³/mol. The van der Waals surface area contributed by atoms with Crippen LogP contribution in [-0.2, 0) is 14.3 Å². The Morgan fingerprint density at radius 2 is 1.72 bits per heavy atom. The first-order valence-electron chi connectivity index (χ1n) is 4.64. The molecule has 18 heavy (non-hydrogen) atoms. The molecule has 0 aliphatic carbocycles. The Balaban J connectivity index is 2.62. The van der Waals surface area contributed by atoms with Crippen LogP contribution in [0.3, 0.4) is 0 Å². The summed E-state index contributed by atoms with van der Waals surface area (Å²) in [6.07, 6.45) is 0. The van der Waals surface area contributed by atoms with Crippen LogP contribution in [0.15, 0.2) is 25.6 Å². The summed E-state index contributed by atoms with van der Waals surface area (Å²) < 4.78 is 6.91. The van der Waals surface area contributed by atoms with E-state index in [0.29, 0.717) is 14.6 Å². The summed E-state index contributed by atoms with van der Waals surface area (Å²) in [7, 11) is 0. The van der Waals surface area contributed by atoms with Crippen molar-refractivity contribution in [1.82, 2.24) is 0 Å². The highest BCUT2D eigenvalue weighted by Gasteiger charge is 2.11. The van der Waals surface area contributed by atoms with Crippen molar-refractivity contribution in [3.63, 3.8) is 0 Å². The molecule has 0 aliphatic heterocycles. The monoisotopic (exact) mass is 443 g/mol. The van der Waals surface area contributed by atoms with E-state index in [2.05, 4.69) is 57.8 Å². The summed E-state index contributed by atoms with van der Waals surface area (Å²) in [5, 5.41) is 11.0. The summed E-state index contributed by atoms with van der Waals surface area (Å²) in [5.41, 5.74) is 0.558. The van der Waals surface area contributed by atoms with E-state index >= 15 is 0 Å². The number of nitrogens with one attached hydrogen (secondary N) is 1. The van der Waals surface area contributed by atoms with Crippen LogP contribution in [-0.4, -0.2) is 30.2 Å². The van der Waals surface area contributed by atoms with Crippen molar-refractivity contribution in [1.29, 1.82) is 0 Å². The van der Waals surface area contributed by atoms with Gasteiger partial charge in [0, 0.05) is 13.4 Å². The van der Waals surface area contributed by atoms with Crippen molar-refractivity contribution >= 4 is 65.4 Å². The predicted octanol–water partition coefficient (Wildman–Crippen LogP) is 3.01. The number of carboxylic acids is 1. The molecule has 1 rings (SSSR count). The van der Waals surface area contributed by atoms with Crippen LogP contribution in [0, 0.1) is 0 Å². The third-order valence-electron chi connectivity index (χ3n) is 1.73. The minimum atomic E-state index is -1.12. The van der Waals surface area contributed by atoms with E-state index in [-0.39, 0.29) is 6.61 Å². The number of ether oxygens (including phenoxy) is 1. The minimum absolute atomic E-state index is 0.318. The number of rotatable bonds is 5. The maximum atomic E-state index is 11.5. The molecule has 0 bridgehead atoms. The summed E-state index contributed by atoms with van der Waals surface area (Å²) >= 11 is 9.92. The molecule has 0 saturated heterocycles. The lowest BCUT2D eigenvalue weighted by Gasteiger charge is -2.10. The number of carbonyl (C=O) groups excluding carboxylic acids is 1. The van der Waals surface area contributed by atoms with Crippen molar-refractivity contribution in [2.45, 2.75) is 0 Å². The number of carboxylic acid groups (broad SMARTS) is 1. The molecule has 0 saturated carbocycles. The van der Waals surface area contributed by atoms with Gasteiger partial charge < -0.3 is 15.2 Å². The summed E-state index contributed by atoms with van der Waals surface area (Å²) in [4.78, 5) is 21.7. The number of hydrogen-bond acceptors (Lipinski definition) is 3. The number of aliphatic carboxylic acids is 1. The van der Waals surface area contributed by atoms with Crippen LogP contribution in [0.5, 0.6) is 0 Å². The van der Waals surface area contributed by atoms with E-state index in [1.807, 2.05) is 0 Å². The molecular weight excluding hydrogens is 438 g/mol. The fraction of sp³-hybridized carbons (Fsp3) is 0.200. The van der Waals surface area contributed by atoms with Gasteiger partial charge in [-0.2, -0.15) is 0 Å². The van der Waals surface area contributed by atoms with Crippen molar-refractivity contribution in [3.8, 4) is 0 Å². The van der Waals surface area contributed by atoms with Crippen molar-refractivity contribution in [2.24, 2.45) is 0 Å². The van der Waals surface area contributed by atoms with Gasteiger partial charge in [0.1, 0.15) is 13.2 Å². The Kier molecular flexibility index (Phi) is 6.27. The van der Waals surface area contributed by atoms with E-state index < -0.39 is 18.5 Å². The number of amides is 1. The van der Waals surface area contributed by atoms with Crippen molar-refractivity contribution in [3.05, 3.63) is 25.6 Å². The lowest BCUT2D eigenvalue weighted by atomic mass is 10.3. The van der Waals surface area contributed by atoms with Gasteiger partial charge >= 0.3 is 5.97 Å². The quantitative estimate of drug-likeness (QED) is 0.730. The molecule has 0 aromatic heterocycles. The minimum Gasteiger partial charge on any atom is -0.480 e. The first kappa shape index (κ1) is 15.6. The molecule has 2 N–H and O–H groups in total. The van der Waals surface area contributed by atoms with E-state index in [9.17, 15) is 9.59 Å². The van der Waals surface area contributed by atoms with Crippen LogP contribution >= 0.6 is 47.8 Å². The number of benzene rings is 1. The van der Waals surface area contributed by atoms with Gasteiger partial charge in [0.05, 0.1) is 5.69 Å². The second-order valence-electron chi connectivity index (χ2n) is 3.18. The highest BCUT2D eigenvalue weighted by Crippen LogP contribution is 2.34. The Labute approximate surface area is 128 Å². The molecule has 5 nitrogen and oxygen atoms in total. The molecule has 8 heteroatoms. The average molecular weight is 446 g/mol. The molecule has 98 valence electrons. The highest BCUT2D eigenvalue weighted by molar-refractivity contribution is 9.11. The van der Waals surface area contributed by atoms with E-state index in [4.69, 9.17) is 5.11 Å². The molecule has 1 aromatic rings. The topological polar surface area (TPSA) is 75.6 Å². The Bertz CT molecular complexity index is 455. The zero-order valence-electron chi connectivity index (χ0n) is 8.87. The molecule has 0 heterocycles. The van der Waals surface area contributed by atoms with Gasteiger partial charge in [0.15, 0.2) is 0 Å². The molecule has 0 spiro atoms.